The van der Waals surface area contributed by atoms with Crippen LogP contribution in [0.4, 0.5) is 52.7 Å². The molecule has 2 radical (unpaired) electrons. The van der Waals surface area contributed by atoms with Crippen LogP contribution in [0.1, 0.15) is 60.1 Å². The third-order valence-corrected chi connectivity index (χ3v) is 14.6. The van der Waals surface area contributed by atoms with Crippen molar-refractivity contribution in [3.8, 4) is 55.6 Å². The Balaban J connectivity index is 0.000000165. The van der Waals surface area contributed by atoms with E-state index in [9.17, 15) is 52.7 Å². The summed E-state index contributed by atoms with van der Waals surface area (Å²) in [6.45, 7) is 4.02. The van der Waals surface area contributed by atoms with Gasteiger partial charge in [-0.15, -0.1) is 62.5 Å². The molecule has 1 heterocycles. The van der Waals surface area contributed by atoms with Crippen LogP contribution >= 0.6 is 17.0 Å². The number of aryl methyl sites for hydroxylation is 2. The normalized spacial score (nSPS) is 12.2. The van der Waals surface area contributed by atoms with E-state index in [1.54, 1.807) is 72.8 Å². The summed E-state index contributed by atoms with van der Waals surface area (Å²) in [7, 11) is 10.7. The molecule has 0 N–H and O–H groups in total. The monoisotopic (exact) mass is 1230 g/mol. The fraction of sp³-hybridized carbons (Fsp3) is 0.156. The van der Waals surface area contributed by atoms with Crippen LogP contribution in [0.25, 0.3) is 77.2 Å². The summed E-state index contributed by atoms with van der Waals surface area (Å²) in [4.78, 5) is 0. The SMILES string of the molecule is CCCc1cc2c(-c3cc(C(F)(F)F)cc(C(F)(F)F)c3)c(-c3ccccc3)ccc2[cH-]1.CCCc1cc2c(-c3cc(C(F)(F)F)cc(C(F)(F)F)c3)c(-c3ccccc3)ccc2[cH-]1.[Cl][Zr][Cl].[c-]1cccc2c1[Si]c1ccccc1-2. The Morgan fingerprint density at radius 1 is 0.425 bits per heavy atom. The van der Waals surface area contributed by atoms with Gasteiger partial charge < -0.3 is 0 Å². The minimum Gasteiger partial charge on any atom is -0.184 e. The van der Waals surface area contributed by atoms with Crippen LogP contribution < -0.4 is 10.4 Å². The Morgan fingerprint density at radius 3 is 1.19 bits per heavy atom. The molecule has 0 spiro atoms. The number of halogens is 14. The molecule has 0 saturated heterocycles. The molecule has 1 aliphatic heterocycles. The van der Waals surface area contributed by atoms with Crippen LogP contribution in [0.3, 0.4) is 0 Å². The van der Waals surface area contributed by atoms with E-state index in [0.717, 1.165) is 81.4 Å². The molecule has 11 rings (SSSR count). The fourth-order valence-electron chi connectivity index (χ4n) is 9.82. The molecule has 0 amide bonds. The third-order valence-electron chi connectivity index (χ3n) is 13.2. The number of hydrogen-bond donors (Lipinski definition) is 0. The molecule has 16 heteroatoms. The van der Waals surface area contributed by atoms with Gasteiger partial charge in [-0.05, 0) is 82.6 Å². The van der Waals surface area contributed by atoms with Crippen LogP contribution in [-0.2, 0) is 58.4 Å². The minimum atomic E-state index is -4.91. The molecule has 0 atom stereocenters. The number of hydrogen-bond acceptors (Lipinski definition) is 0. The van der Waals surface area contributed by atoms with E-state index in [-0.39, 0.29) is 23.3 Å². The van der Waals surface area contributed by atoms with E-state index >= 15 is 0 Å². The van der Waals surface area contributed by atoms with Crippen molar-refractivity contribution >= 4 is 58.5 Å². The van der Waals surface area contributed by atoms with Gasteiger partial charge in [-0.3, -0.25) is 0 Å². The van der Waals surface area contributed by atoms with E-state index in [4.69, 9.17) is 17.0 Å². The molecule has 0 fully saturated rings. The van der Waals surface area contributed by atoms with Gasteiger partial charge in [0.1, 0.15) is 0 Å². The first-order valence-corrected chi connectivity index (χ1v) is 32.3. The first kappa shape index (κ1) is 59.9. The fourth-order valence-corrected chi connectivity index (χ4v) is 11.1. The van der Waals surface area contributed by atoms with Gasteiger partial charge in [-0.1, -0.05) is 146 Å². The predicted octanol–water partition coefficient (Wildman–Crippen LogP) is 20.3. The van der Waals surface area contributed by atoms with Crippen molar-refractivity contribution in [2.45, 2.75) is 64.2 Å². The van der Waals surface area contributed by atoms with Crippen LogP contribution in [-0.4, -0.2) is 9.52 Å². The van der Waals surface area contributed by atoms with Crippen molar-refractivity contribution in [2.24, 2.45) is 0 Å². The molecular weight excluding hydrogens is 1190 g/mol. The summed E-state index contributed by atoms with van der Waals surface area (Å²) in [5.74, 6) is 0. The average molecular weight is 1230 g/mol. The van der Waals surface area contributed by atoms with Gasteiger partial charge >= 0.3 is 62.6 Å². The maximum absolute atomic E-state index is 13.5. The van der Waals surface area contributed by atoms with Crippen molar-refractivity contribution < 1.29 is 73.5 Å². The van der Waals surface area contributed by atoms with E-state index < -0.39 is 67.8 Å². The molecule has 10 aromatic carbocycles. The standard InChI is InChI=1S/2C26H19F6.C12H7Si.2ClH.Zr/c2*1-2-6-16-11-18-9-10-22(17-7-4-3-5-8-17)24(23(18)12-16)19-13-20(25(27,28)29)15-21(14-19)26(30,31)32;1-3-7-11-9(5-1)10-6-2-4-8-12(10)13-11;;;/h2*3-5,7-15H,2,6H2,1H3;1-7H;2*1H;/q3*-1;;;+2/p-2. The Labute approximate surface area is 476 Å². The van der Waals surface area contributed by atoms with E-state index in [2.05, 4.69) is 42.5 Å². The number of benzene rings is 8. The summed E-state index contributed by atoms with van der Waals surface area (Å²) in [5.41, 5.74) is 2.60. The predicted molar refractivity (Wildman–Crippen MR) is 296 cm³/mol. The Hall–Kier alpha value is -6.18. The topological polar surface area (TPSA) is 0 Å². The summed E-state index contributed by atoms with van der Waals surface area (Å²) >= 11 is -0.826. The average Bonchev–Trinajstić information content (AvgIpc) is 4.25. The van der Waals surface area contributed by atoms with Crippen molar-refractivity contribution in [2.75, 3.05) is 0 Å². The second-order valence-corrected chi connectivity index (χ2v) is 23.8. The summed E-state index contributed by atoms with van der Waals surface area (Å²) < 4.78 is 162. The molecule has 1 aliphatic rings. The number of rotatable bonds is 8. The van der Waals surface area contributed by atoms with Gasteiger partial charge in [0.05, 0.1) is 31.8 Å². The summed E-state index contributed by atoms with van der Waals surface area (Å²) in [5, 5.41) is 5.68. The second-order valence-electron chi connectivity index (χ2n) is 18.7. The van der Waals surface area contributed by atoms with Crippen LogP contribution in [0.2, 0.25) is 0 Å². The van der Waals surface area contributed by atoms with Gasteiger partial charge in [0.25, 0.3) is 0 Å². The maximum Gasteiger partial charge on any atom is 0.0920 e. The van der Waals surface area contributed by atoms with Crippen LogP contribution in [0.15, 0.2) is 188 Å². The molecule has 0 unspecified atom stereocenters. The zero-order valence-corrected chi connectivity index (χ0v) is 47.5. The molecule has 0 aliphatic carbocycles. The van der Waals surface area contributed by atoms with E-state index in [1.165, 1.54) is 21.5 Å². The molecule has 0 bridgehead atoms. The van der Waals surface area contributed by atoms with Gasteiger partial charge in [0.15, 0.2) is 0 Å². The largest absolute Gasteiger partial charge is 0.184 e. The molecule has 10 aromatic rings. The van der Waals surface area contributed by atoms with Gasteiger partial charge in [0.2, 0.25) is 0 Å². The Kier molecular flexibility index (Phi) is 19.0. The van der Waals surface area contributed by atoms with Crippen LogP contribution in [0, 0.1) is 6.07 Å². The number of alkyl halides is 12. The molecule has 0 nitrogen and oxygen atoms in total. The maximum atomic E-state index is 13.5. The van der Waals surface area contributed by atoms with Gasteiger partial charge in [-0.25, -0.2) is 0 Å². The Morgan fingerprint density at radius 2 is 0.800 bits per heavy atom. The summed E-state index contributed by atoms with van der Waals surface area (Å²) in [6, 6.07) is 54.5. The summed E-state index contributed by atoms with van der Waals surface area (Å²) in [6.07, 6.45) is -16.3. The first-order chi connectivity index (χ1) is 38.0. The van der Waals surface area contributed by atoms with Gasteiger partial charge in [0, 0.05) is 0 Å². The quantitative estimate of drug-likeness (QED) is 0.0808. The number of fused-ring (bicyclic) bond motifs is 5. The van der Waals surface area contributed by atoms with E-state index in [1.807, 2.05) is 56.3 Å². The molecule has 410 valence electrons. The molecule has 0 aromatic heterocycles. The first-order valence-electron chi connectivity index (χ1n) is 25.0. The molecule has 0 saturated carbocycles. The molecular formula is C64H45Cl2F12SiZr-3. The third kappa shape index (κ3) is 14.1. The zero-order valence-electron chi connectivity index (χ0n) is 42.5. The smallest absolute Gasteiger partial charge is 0.0920 e. The minimum absolute atomic E-state index is 0.106. The van der Waals surface area contributed by atoms with Crippen molar-refractivity contribution in [3.63, 3.8) is 0 Å². The van der Waals surface area contributed by atoms with E-state index in [0.29, 0.717) is 44.2 Å². The second kappa shape index (κ2) is 25.3. The molecule has 80 heavy (non-hydrogen) atoms. The van der Waals surface area contributed by atoms with Crippen molar-refractivity contribution in [1.29, 1.82) is 0 Å². The van der Waals surface area contributed by atoms with Gasteiger partial charge in [-0.2, -0.15) is 94.3 Å². The zero-order chi connectivity index (χ0) is 57.6. The van der Waals surface area contributed by atoms with Crippen molar-refractivity contribution in [3.05, 3.63) is 228 Å². The Bertz CT molecular complexity index is 3420. The van der Waals surface area contributed by atoms with Crippen LogP contribution in [0.5, 0.6) is 0 Å². The van der Waals surface area contributed by atoms with Crippen molar-refractivity contribution in [1.82, 2.24) is 0 Å².